The van der Waals surface area contributed by atoms with E-state index >= 15 is 0 Å². The van der Waals surface area contributed by atoms with Crippen molar-refractivity contribution < 1.29 is 27.1 Å². The number of aryl methyl sites for hydroxylation is 1. The number of fused-ring (bicyclic) bond motifs is 2. The van der Waals surface area contributed by atoms with Gasteiger partial charge >= 0.3 is 0 Å². The Kier molecular flexibility index (Phi) is 7.18. The molecule has 2 aromatic carbocycles. The number of hydrogen-bond acceptors (Lipinski definition) is 6. The fourth-order valence-electron chi connectivity index (χ4n) is 5.21. The van der Waals surface area contributed by atoms with Crippen LogP contribution in [0.15, 0.2) is 59.5 Å². The van der Waals surface area contributed by atoms with Crippen LogP contribution in [-0.4, -0.2) is 57.5 Å². The molecule has 0 bridgehead atoms. The molecular weight excluding hydrogens is 530 g/mol. The second kappa shape index (κ2) is 9.82. The Balaban J connectivity index is 1.48. The summed E-state index contributed by atoms with van der Waals surface area (Å²) in [6.45, 7) is 17.3. The first-order valence-electron chi connectivity index (χ1n) is 13.7. The Morgan fingerprint density at radius 3 is 2.23 bits per heavy atom. The third kappa shape index (κ3) is 5.37. The highest BCUT2D eigenvalue weighted by Crippen LogP contribution is 2.42. The zero-order chi connectivity index (χ0) is 28.4. The molecule has 1 aromatic heterocycles. The van der Waals surface area contributed by atoms with Gasteiger partial charge in [0.25, 0.3) is 10.0 Å². The van der Waals surface area contributed by atoms with Gasteiger partial charge < -0.3 is 18.6 Å². The molecule has 3 aromatic rings. The lowest BCUT2D eigenvalue weighted by atomic mass is 10.0. The highest BCUT2D eigenvalue weighted by atomic mass is 32.2. The topological polar surface area (TPSA) is 76.0 Å². The van der Waals surface area contributed by atoms with Gasteiger partial charge in [-0.3, -0.25) is 0 Å². The van der Waals surface area contributed by atoms with Crippen LogP contribution >= 0.6 is 0 Å². The number of benzene rings is 2. The molecule has 4 atom stereocenters. The molecule has 3 heterocycles. The van der Waals surface area contributed by atoms with E-state index in [-0.39, 0.29) is 34.3 Å². The summed E-state index contributed by atoms with van der Waals surface area (Å²) < 4.78 is 55.1. The summed E-state index contributed by atoms with van der Waals surface area (Å²) >= 11 is 0. The molecule has 0 spiro atoms. The van der Waals surface area contributed by atoms with Crippen molar-refractivity contribution in [2.75, 3.05) is 6.61 Å². The van der Waals surface area contributed by atoms with Crippen LogP contribution in [0.4, 0.5) is 0 Å². The van der Waals surface area contributed by atoms with Crippen molar-refractivity contribution >= 4 is 29.2 Å². The molecule has 2 aliphatic rings. The Morgan fingerprint density at radius 1 is 0.974 bits per heavy atom. The molecule has 0 radical (unpaired) electrons. The number of para-hydroxylation sites is 1. The van der Waals surface area contributed by atoms with Gasteiger partial charge in [-0.15, -0.1) is 0 Å². The average molecular weight is 572 g/mol. The maximum atomic E-state index is 14.0. The van der Waals surface area contributed by atoms with Gasteiger partial charge in [-0.2, -0.15) is 0 Å². The Morgan fingerprint density at radius 2 is 1.59 bits per heavy atom. The summed E-state index contributed by atoms with van der Waals surface area (Å²) in [5.74, 6) is -0.757. The van der Waals surface area contributed by atoms with Crippen LogP contribution in [0.1, 0.15) is 45.9 Å². The first-order valence-corrected chi connectivity index (χ1v) is 18.0. The van der Waals surface area contributed by atoms with E-state index in [1.807, 2.05) is 63.2 Å². The highest BCUT2D eigenvalue weighted by molar-refractivity contribution is 7.90. The second-order valence-corrected chi connectivity index (χ2v) is 19.4. The van der Waals surface area contributed by atoms with Crippen molar-refractivity contribution in [3.05, 3.63) is 65.9 Å². The van der Waals surface area contributed by atoms with E-state index in [1.54, 1.807) is 12.1 Å². The maximum absolute atomic E-state index is 14.0. The molecule has 5 rings (SSSR count). The molecule has 0 N–H and O–H groups in total. The molecular formula is C30H41NO6SSi. The van der Waals surface area contributed by atoms with E-state index in [0.29, 0.717) is 24.2 Å². The highest BCUT2D eigenvalue weighted by Gasteiger charge is 2.55. The molecule has 2 saturated heterocycles. The van der Waals surface area contributed by atoms with Crippen molar-refractivity contribution in [3.8, 4) is 0 Å². The van der Waals surface area contributed by atoms with E-state index in [4.69, 9.17) is 18.6 Å². The third-order valence-electron chi connectivity index (χ3n) is 8.37. The summed E-state index contributed by atoms with van der Waals surface area (Å²) in [5, 5.41) is 0.932. The van der Waals surface area contributed by atoms with Gasteiger partial charge in [0, 0.05) is 17.5 Å². The zero-order valence-electron chi connectivity index (χ0n) is 24.2. The van der Waals surface area contributed by atoms with Gasteiger partial charge in [-0.05, 0) is 63.2 Å². The number of nitrogens with zero attached hydrogens (tertiary/aromatic N) is 1. The second-order valence-electron chi connectivity index (χ2n) is 12.8. The van der Waals surface area contributed by atoms with E-state index in [1.165, 1.54) is 3.97 Å². The number of rotatable bonds is 7. The molecule has 0 saturated carbocycles. The summed E-state index contributed by atoms with van der Waals surface area (Å²) in [6, 6.07) is 16.5. The molecule has 39 heavy (non-hydrogen) atoms. The molecule has 2 aliphatic heterocycles. The summed E-state index contributed by atoms with van der Waals surface area (Å²) in [4.78, 5) is 0.253. The quantitative estimate of drug-likeness (QED) is 0.322. The number of aromatic nitrogens is 1. The summed E-state index contributed by atoms with van der Waals surface area (Å²) in [6.07, 6.45) is -0.955. The first-order chi connectivity index (χ1) is 18.1. The van der Waals surface area contributed by atoms with Gasteiger partial charge in [0.05, 0.1) is 23.1 Å². The minimum atomic E-state index is -3.85. The largest absolute Gasteiger partial charge is 0.414 e. The maximum Gasteiger partial charge on any atom is 0.268 e. The third-order valence-corrected chi connectivity index (χ3v) is 14.6. The summed E-state index contributed by atoms with van der Waals surface area (Å²) in [7, 11) is -5.85. The van der Waals surface area contributed by atoms with Gasteiger partial charge in [0.2, 0.25) is 0 Å². The van der Waals surface area contributed by atoms with E-state index in [2.05, 4.69) is 33.9 Å². The average Bonchev–Trinajstić information content (AvgIpc) is 3.46. The van der Waals surface area contributed by atoms with Crippen molar-refractivity contribution in [3.63, 3.8) is 0 Å². The number of ether oxygens (including phenoxy) is 3. The van der Waals surface area contributed by atoms with Gasteiger partial charge in [0.15, 0.2) is 14.1 Å². The fraction of sp³-hybridized carbons (Fsp3) is 0.533. The lowest BCUT2D eigenvalue weighted by Gasteiger charge is -2.37. The van der Waals surface area contributed by atoms with Crippen LogP contribution in [0.25, 0.3) is 10.9 Å². The Bertz CT molecular complexity index is 1450. The Hall–Kier alpha value is -2.01. The van der Waals surface area contributed by atoms with Crippen LogP contribution in [0.5, 0.6) is 0 Å². The monoisotopic (exact) mass is 571 g/mol. The molecule has 9 heteroatoms. The molecule has 0 amide bonds. The van der Waals surface area contributed by atoms with Gasteiger partial charge in [-0.25, -0.2) is 12.4 Å². The van der Waals surface area contributed by atoms with Gasteiger partial charge in [-0.1, -0.05) is 56.7 Å². The SMILES string of the molecule is Cc1ccc(S(=O)(=O)n2c(C[C@@H]3O[C@H](CO[Si](C)(C)C(C)(C)C)[C@H]4OC(C)(C)O[C@H]43)cc3ccccc32)cc1. The number of hydrogen-bond donors (Lipinski definition) is 0. The Labute approximate surface area is 233 Å². The molecule has 7 nitrogen and oxygen atoms in total. The van der Waals surface area contributed by atoms with Crippen LogP contribution in [-0.2, 0) is 35.1 Å². The predicted octanol–water partition coefficient (Wildman–Crippen LogP) is 6.04. The summed E-state index contributed by atoms with van der Waals surface area (Å²) in [5.41, 5.74) is 2.30. The van der Waals surface area contributed by atoms with Crippen molar-refractivity contribution in [1.82, 2.24) is 3.97 Å². The fourth-order valence-corrected chi connectivity index (χ4v) is 7.78. The predicted molar refractivity (Wildman–Crippen MR) is 155 cm³/mol. The van der Waals surface area contributed by atoms with Crippen LogP contribution < -0.4 is 0 Å². The molecule has 0 unspecified atom stereocenters. The molecule has 0 aliphatic carbocycles. The lowest BCUT2D eigenvalue weighted by Crippen LogP contribution is -2.44. The standard InChI is InChI=1S/C30H41NO6SSi/c1-20-13-15-23(16-14-20)38(32,33)31-22(17-21-11-9-10-12-24(21)31)18-25-27-28(37-30(5,6)36-27)26(35-25)19-34-39(7,8)29(2,3)4/h9-17,25-28H,18-19H2,1-8H3/t25-,26+,27-,28+/m0/s1. The first kappa shape index (κ1) is 28.5. The molecule has 2 fully saturated rings. The van der Waals surface area contributed by atoms with E-state index in [9.17, 15) is 8.42 Å². The lowest BCUT2D eigenvalue weighted by molar-refractivity contribution is -0.189. The smallest absolute Gasteiger partial charge is 0.268 e. The van der Waals surface area contributed by atoms with E-state index < -0.39 is 24.1 Å². The minimum Gasteiger partial charge on any atom is -0.414 e. The van der Waals surface area contributed by atoms with Crippen molar-refractivity contribution in [1.29, 1.82) is 0 Å². The van der Waals surface area contributed by atoms with Crippen LogP contribution in [0.3, 0.4) is 0 Å². The van der Waals surface area contributed by atoms with Crippen molar-refractivity contribution in [2.45, 2.75) is 101 Å². The van der Waals surface area contributed by atoms with E-state index in [0.717, 1.165) is 10.9 Å². The zero-order valence-corrected chi connectivity index (χ0v) is 26.0. The molecule has 212 valence electrons. The minimum absolute atomic E-state index is 0.0714. The van der Waals surface area contributed by atoms with Gasteiger partial charge in [0.1, 0.15) is 18.3 Å². The van der Waals surface area contributed by atoms with Crippen molar-refractivity contribution in [2.24, 2.45) is 0 Å². The van der Waals surface area contributed by atoms with Crippen LogP contribution in [0, 0.1) is 6.92 Å². The normalized spacial score (nSPS) is 25.3. The van der Waals surface area contributed by atoms with Crippen LogP contribution in [0.2, 0.25) is 18.1 Å².